The topological polar surface area (TPSA) is 212 Å². The van der Waals surface area contributed by atoms with Crippen LogP contribution in [0.25, 0.3) is 44.7 Å². The number of halogens is 1. The fourth-order valence-electron chi connectivity index (χ4n) is 7.57. The van der Waals surface area contributed by atoms with E-state index in [0.717, 1.165) is 5.56 Å². The van der Waals surface area contributed by atoms with E-state index in [0.29, 0.717) is 69.2 Å². The van der Waals surface area contributed by atoms with Gasteiger partial charge in [-0.1, -0.05) is 23.4 Å². The summed E-state index contributed by atoms with van der Waals surface area (Å²) in [7, 11) is 1.51. The molecule has 1 atom stereocenters. The van der Waals surface area contributed by atoms with Gasteiger partial charge in [-0.25, -0.2) is 24.1 Å². The van der Waals surface area contributed by atoms with E-state index in [-0.39, 0.29) is 64.2 Å². The number of fused-ring (bicyclic) bond motifs is 3. The molecule has 8 rings (SSSR count). The number of hydrogen-bond acceptors (Lipinski definition) is 12. The second-order valence-corrected chi connectivity index (χ2v) is 13.9. The number of phenolic OH excluding ortho intramolecular Hbond substituents is 1. The van der Waals surface area contributed by atoms with Crippen LogP contribution in [-0.4, -0.2) is 63.0 Å². The van der Waals surface area contributed by atoms with Crippen molar-refractivity contribution in [3.63, 3.8) is 0 Å². The van der Waals surface area contributed by atoms with E-state index < -0.39 is 17.7 Å². The minimum absolute atomic E-state index is 0.0212. The molecule has 5 N–H and O–H groups in total. The first-order valence-corrected chi connectivity index (χ1v) is 18.5. The summed E-state index contributed by atoms with van der Waals surface area (Å²) in [6.07, 6.45) is 0.855. The highest BCUT2D eigenvalue weighted by Crippen LogP contribution is 2.42. The highest BCUT2D eigenvalue weighted by atomic mass is 19.1. The number of carboxylic acids is 1. The number of nitrogens with zero attached hydrogens (tertiary/aromatic N) is 4. The highest BCUT2D eigenvalue weighted by Gasteiger charge is 2.31. The molecule has 3 heterocycles. The third kappa shape index (κ3) is 7.60. The summed E-state index contributed by atoms with van der Waals surface area (Å²) in [5, 5.41) is 28.1. The highest BCUT2D eigenvalue weighted by molar-refractivity contribution is 6.09. The fraction of sp³-hybridized carbons (Fsp3) is 0.159. The molecular formula is C44H35FN6O8. The van der Waals surface area contributed by atoms with E-state index in [1.54, 1.807) is 43.3 Å². The number of oxime groups is 1. The van der Waals surface area contributed by atoms with E-state index in [2.05, 4.69) is 25.4 Å². The van der Waals surface area contributed by atoms with Crippen molar-refractivity contribution in [2.24, 2.45) is 5.16 Å². The summed E-state index contributed by atoms with van der Waals surface area (Å²) in [5.74, 6) is -1.84. The van der Waals surface area contributed by atoms with Crippen molar-refractivity contribution in [3.8, 4) is 45.3 Å². The molecule has 0 spiro atoms. The molecule has 1 unspecified atom stereocenters. The van der Waals surface area contributed by atoms with Crippen LogP contribution in [0.1, 0.15) is 55.6 Å². The number of nitrogen functional groups attached to an aromatic ring is 1. The van der Waals surface area contributed by atoms with Gasteiger partial charge in [-0.15, -0.1) is 0 Å². The summed E-state index contributed by atoms with van der Waals surface area (Å²) >= 11 is 0. The third-order valence-corrected chi connectivity index (χ3v) is 10.1. The number of aromatic nitrogens is 3. The lowest BCUT2D eigenvalue weighted by Gasteiger charge is -2.27. The van der Waals surface area contributed by atoms with Gasteiger partial charge in [0.05, 0.1) is 42.0 Å². The second kappa shape index (κ2) is 15.7. The summed E-state index contributed by atoms with van der Waals surface area (Å²) in [5.41, 5.74) is 11.6. The Bertz CT molecular complexity index is 2880. The number of benzene rings is 4. The molecule has 15 heteroatoms. The van der Waals surface area contributed by atoms with Gasteiger partial charge < -0.3 is 35.3 Å². The van der Waals surface area contributed by atoms with Crippen molar-refractivity contribution >= 4 is 34.5 Å². The van der Waals surface area contributed by atoms with E-state index >= 15 is 0 Å². The van der Waals surface area contributed by atoms with Gasteiger partial charge >= 0.3 is 5.97 Å². The van der Waals surface area contributed by atoms with Crippen LogP contribution in [-0.2, 0) is 11.3 Å². The van der Waals surface area contributed by atoms with Gasteiger partial charge in [0.2, 0.25) is 11.8 Å². The van der Waals surface area contributed by atoms with Crippen LogP contribution in [0.2, 0.25) is 0 Å². The first-order chi connectivity index (χ1) is 28.5. The molecule has 14 nitrogen and oxygen atoms in total. The number of carbonyl (C=O) groups excluding carboxylic acids is 1. The molecule has 5 aromatic rings. The number of carbonyl (C=O) groups is 2. The second-order valence-electron chi connectivity index (χ2n) is 13.9. The minimum Gasteiger partial charge on any atom is -0.508 e. The number of aromatic carboxylic acids is 1. The molecule has 0 fully saturated rings. The molecule has 0 bridgehead atoms. The van der Waals surface area contributed by atoms with Crippen LogP contribution in [0, 0.1) is 12.7 Å². The molecule has 59 heavy (non-hydrogen) atoms. The Kier molecular flexibility index (Phi) is 10.2. The summed E-state index contributed by atoms with van der Waals surface area (Å²) in [6.45, 7) is 1.79. The van der Waals surface area contributed by atoms with Gasteiger partial charge in [-0.05, 0) is 85.0 Å². The zero-order valence-electron chi connectivity index (χ0n) is 31.7. The molecule has 3 aromatic carbocycles. The Labute approximate surface area is 335 Å². The van der Waals surface area contributed by atoms with Crippen molar-refractivity contribution in [2.75, 3.05) is 26.0 Å². The van der Waals surface area contributed by atoms with Gasteiger partial charge in [0.15, 0.2) is 5.43 Å². The molecule has 0 saturated heterocycles. The average Bonchev–Trinajstić information content (AvgIpc) is 3.21. The van der Waals surface area contributed by atoms with Crippen LogP contribution in [0.3, 0.4) is 0 Å². The number of carboxylic acid groups (broad SMARTS) is 1. The average molecular weight is 795 g/mol. The van der Waals surface area contributed by atoms with Gasteiger partial charge in [0, 0.05) is 57.8 Å². The summed E-state index contributed by atoms with van der Waals surface area (Å²) < 4.78 is 25.9. The maximum absolute atomic E-state index is 14.7. The van der Waals surface area contributed by atoms with Gasteiger partial charge in [0.1, 0.15) is 29.5 Å². The largest absolute Gasteiger partial charge is 0.508 e. The Balaban J connectivity index is 1.02. The van der Waals surface area contributed by atoms with Gasteiger partial charge in [-0.2, -0.15) is 0 Å². The number of hydrogen-bond donors (Lipinski definition) is 4. The van der Waals surface area contributed by atoms with Crippen molar-refractivity contribution in [1.82, 2.24) is 20.3 Å². The van der Waals surface area contributed by atoms with E-state index in [9.17, 15) is 29.0 Å². The Morgan fingerprint density at radius 2 is 1.78 bits per heavy atom. The number of nitrogens with two attached hydrogens (primary N) is 1. The van der Waals surface area contributed by atoms with Crippen molar-refractivity contribution < 1.29 is 38.2 Å². The monoisotopic (exact) mass is 794 g/mol. The zero-order valence-corrected chi connectivity index (χ0v) is 31.7. The molecule has 1 aliphatic heterocycles. The number of aromatic hydroxyl groups is 1. The van der Waals surface area contributed by atoms with Crippen LogP contribution >= 0.6 is 0 Å². The SMILES string of the molecule is COc1cccc(-c2cc(F)ccc2C2C/C(=N\OCCNC(=O)c3ccc(-c4c5ccc(=O)cc-5oc5cc(O)ccc45)c(C(=O)O)c3)c3c(C)nc(N)nc3C2)n1. The number of anilines is 1. The summed E-state index contributed by atoms with van der Waals surface area (Å²) in [4.78, 5) is 57.3. The number of aryl methyl sites for hydroxylation is 1. The lowest BCUT2D eigenvalue weighted by Crippen LogP contribution is -2.27. The van der Waals surface area contributed by atoms with Gasteiger partial charge in [-0.3, -0.25) is 9.59 Å². The number of phenols is 1. The van der Waals surface area contributed by atoms with Crippen molar-refractivity contribution in [1.29, 1.82) is 0 Å². The third-order valence-electron chi connectivity index (χ3n) is 10.1. The Morgan fingerprint density at radius 1 is 0.949 bits per heavy atom. The first kappa shape index (κ1) is 38.2. The molecular weight excluding hydrogens is 760 g/mol. The smallest absolute Gasteiger partial charge is 0.336 e. The maximum Gasteiger partial charge on any atom is 0.336 e. The number of rotatable bonds is 10. The van der Waals surface area contributed by atoms with Crippen LogP contribution in [0.15, 0.2) is 105 Å². The molecule has 0 saturated carbocycles. The lowest BCUT2D eigenvalue weighted by molar-refractivity contribution is 0.0697. The predicted molar refractivity (Wildman–Crippen MR) is 216 cm³/mol. The predicted octanol–water partition coefficient (Wildman–Crippen LogP) is 6.74. The number of nitrogens with one attached hydrogen (secondary N) is 1. The van der Waals surface area contributed by atoms with E-state index in [4.69, 9.17) is 19.7 Å². The molecule has 2 aliphatic carbocycles. The molecule has 296 valence electrons. The number of methoxy groups -OCH3 is 1. The molecule has 0 radical (unpaired) electrons. The Morgan fingerprint density at radius 3 is 2.59 bits per heavy atom. The van der Waals surface area contributed by atoms with E-state index in [1.807, 2.05) is 0 Å². The fourth-order valence-corrected chi connectivity index (χ4v) is 7.57. The lowest BCUT2D eigenvalue weighted by atomic mass is 9.79. The number of ether oxygens (including phenoxy) is 1. The minimum atomic E-state index is -1.28. The maximum atomic E-state index is 14.7. The molecule has 3 aliphatic rings. The van der Waals surface area contributed by atoms with Crippen molar-refractivity contribution in [3.05, 3.63) is 141 Å². The van der Waals surface area contributed by atoms with Crippen LogP contribution in [0.5, 0.6) is 11.6 Å². The van der Waals surface area contributed by atoms with Crippen LogP contribution < -0.4 is 21.2 Å². The Hall–Kier alpha value is -7.68. The summed E-state index contributed by atoms with van der Waals surface area (Å²) in [6, 6.07) is 22.8. The standard InChI is InChI=1S/C44H35FN6O8/c1-22-40-35(50-44(46)48-22)17-24(28-11-7-25(45)19-32(28)34-4-3-5-39(49-34)57-2)18-36(40)51-58-15-14-47-42(54)23-6-10-29(33(16-23)43(55)56)41-30-12-8-26(52)20-37(30)59-38-21-27(53)9-13-31(38)41/h3-13,16,19-21,24,52H,14-15,17-18H2,1-2H3,(H,47,54)(H,55,56)(H2,46,48,50)/b51-36+. The quantitative estimate of drug-likeness (QED) is 0.0644. The number of pyridine rings is 1. The zero-order chi connectivity index (χ0) is 41.4. The van der Waals surface area contributed by atoms with Crippen LogP contribution in [0.4, 0.5) is 10.3 Å². The molecule has 1 amide bonds. The van der Waals surface area contributed by atoms with Crippen molar-refractivity contribution in [2.45, 2.75) is 25.7 Å². The number of amides is 1. The first-order valence-electron chi connectivity index (χ1n) is 18.5. The van der Waals surface area contributed by atoms with Gasteiger partial charge in [0.25, 0.3) is 5.91 Å². The van der Waals surface area contributed by atoms with E-state index in [1.165, 1.54) is 61.7 Å². The molecule has 2 aromatic heterocycles. The normalized spacial score (nSPS) is 14.3.